The second kappa shape index (κ2) is 8.98. The minimum absolute atomic E-state index is 0.131. The second-order valence-electron chi connectivity index (χ2n) is 7.53. The van der Waals surface area contributed by atoms with Crippen LogP contribution in [0.15, 0.2) is 85.5 Å². The van der Waals surface area contributed by atoms with E-state index in [1.54, 1.807) is 12.2 Å². The summed E-state index contributed by atoms with van der Waals surface area (Å²) in [6, 6.07) is 20.7. The molecular formula is C23H28O3Si. The van der Waals surface area contributed by atoms with Gasteiger partial charge in [0, 0.05) is 6.08 Å². The lowest BCUT2D eigenvalue weighted by atomic mass is 10.2. The molecule has 1 N–H and O–H groups in total. The summed E-state index contributed by atoms with van der Waals surface area (Å²) in [7, 11) is -2.66. The minimum atomic E-state index is -2.66. The van der Waals surface area contributed by atoms with Crippen LogP contribution in [0.2, 0.25) is 5.04 Å². The molecule has 27 heavy (non-hydrogen) atoms. The lowest BCUT2D eigenvalue weighted by Crippen LogP contribution is -2.67. The van der Waals surface area contributed by atoms with Crippen LogP contribution in [0.25, 0.3) is 0 Å². The fourth-order valence-electron chi connectivity index (χ4n) is 3.41. The van der Waals surface area contributed by atoms with E-state index in [-0.39, 0.29) is 11.1 Å². The molecule has 0 aliphatic heterocycles. The average Bonchev–Trinajstić information content (AvgIpc) is 2.64. The van der Waals surface area contributed by atoms with Crippen molar-refractivity contribution in [2.24, 2.45) is 0 Å². The van der Waals surface area contributed by atoms with Crippen LogP contribution in [0.1, 0.15) is 27.2 Å². The molecule has 0 heterocycles. The smallest absolute Gasteiger partial charge is 0.327 e. The predicted molar refractivity (Wildman–Crippen MR) is 114 cm³/mol. The Bertz CT molecular complexity index is 737. The summed E-state index contributed by atoms with van der Waals surface area (Å²) in [6.45, 7) is 10.6. The van der Waals surface area contributed by atoms with Gasteiger partial charge >= 0.3 is 5.97 Å². The Labute approximate surface area is 163 Å². The SMILES string of the molecule is C=CC(C/C=C/C(=O)O)O[Si](c1ccccc1)(c1ccccc1)C(C)(C)C. The fourth-order valence-corrected chi connectivity index (χ4v) is 8.08. The normalized spacial score (nSPS) is 13.4. The molecule has 0 aromatic heterocycles. The van der Waals surface area contributed by atoms with Crippen molar-refractivity contribution in [2.45, 2.75) is 38.3 Å². The third-order valence-electron chi connectivity index (χ3n) is 4.64. The quantitative estimate of drug-likeness (QED) is 0.425. The predicted octanol–water partition coefficient (Wildman–Crippen LogP) is 4.15. The first kappa shape index (κ1) is 20.9. The summed E-state index contributed by atoms with van der Waals surface area (Å²) in [5.41, 5.74) is 0. The topological polar surface area (TPSA) is 46.5 Å². The molecule has 0 bridgehead atoms. The van der Waals surface area contributed by atoms with Gasteiger partial charge < -0.3 is 9.53 Å². The molecule has 0 amide bonds. The van der Waals surface area contributed by atoms with Crippen molar-refractivity contribution in [3.63, 3.8) is 0 Å². The summed E-state index contributed by atoms with van der Waals surface area (Å²) in [6.07, 6.45) is 4.76. The van der Waals surface area contributed by atoms with E-state index in [0.717, 1.165) is 6.08 Å². The molecule has 0 saturated carbocycles. The Hall–Kier alpha value is -2.43. The highest BCUT2D eigenvalue weighted by atomic mass is 28.4. The van der Waals surface area contributed by atoms with Gasteiger partial charge in [0.25, 0.3) is 8.32 Å². The molecule has 0 fully saturated rings. The van der Waals surface area contributed by atoms with E-state index < -0.39 is 14.3 Å². The van der Waals surface area contributed by atoms with Gasteiger partial charge in [-0.1, -0.05) is 93.6 Å². The Morgan fingerprint density at radius 1 is 1.07 bits per heavy atom. The monoisotopic (exact) mass is 380 g/mol. The number of carboxylic acids is 1. The van der Waals surface area contributed by atoms with Gasteiger partial charge in [-0.25, -0.2) is 4.79 Å². The van der Waals surface area contributed by atoms with Crippen molar-refractivity contribution in [2.75, 3.05) is 0 Å². The van der Waals surface area contributed by atoms with Crippen molar-refractivity contribution in [3.8, 4) is 0 Å². The molecule has 0 saturated heterocycles. The number of carboxylic acid groups (broad SMARTS) is 1. The molecule has 3 nitrogen and oxygen atoms in total. The molecule has 4 heteroatoms. The van der Waals surface area contributed by atoms with E-state index in [1.807, 2.05) is 36.4 Å². The van der Waals surface area contributed by atoms with Gasteiger partial charge in [0.15, 0.2) is 0 Å². The first-order valence-electron chi connectivity index (χ1n) is 9.12. The Morgan fingerprint density at radius 3 is 1.93 bits per heavy atom. The van der Waals surface area contributed by atoms with Gasteiger partial charge in [0.2, 0.25) is 0 Å². The van der Waals surface area contributed by atoms with E-state index in [0.29, 0.717) is 6.42 Å². The van der Waals surface area contributed by atoms with Gasteiger partial charge in [-0.05, 0) is 21.8 Å². The van der Waals surface area contributed by atoms with Crippen molar-refractivity contribution in [1.82, 2.24) is 0 Å². The molecule has 2 rings (SSSR count). The van der Waals surface area contributed by atoms with E-state index >= 15 is 0 Å². The number of aliphatic carboxylic acids is 1. The van der Waals surface area contributed by atoms with Crippen LogP contribution in [-0.2, 0) is 9.22 Å². The second-order valence-corrected chi connectivity index (χ2v) is 11.8. The van der Waals surface area contributed by atoms with Crippen molar-refractivity contribution < 1.29 is 14.3 Å². The number of benzene rings is 2. The van der Waals surface area contributed by atoms with Gasteiger partial charge in [-0.2, -0.15) is 0 Å². The maximum absolute atomic E-state index is 10.8. The largest absolute Gasteiger partial charge is 0.478 e. The molecule has 1 atom stereocenters. The maximum Gasteiger partial charge on any atom is 0.327 e. The molecule has 0 spiro atoms. The molecule has 2 aromatic rings. The maximum atomic E-state index is 10.8. The number of carbonyl (C=O) groups is 1. The van der Waals surface area contributed by atoms with E-state index in [4.69, 9.17) is 9.53 Å². The molecule has 142 valence electrons. The molecule has 0 radical (unpaired) electrons. The van der Waals surface area contributed by atoms with Crippen molar-refractivity contribution in [3.05, 3.63) is 85.5 Å². The van der Waals surface area contributed by atoms with Crippen LogP contribution in [0.3, 0.4) is 0 Å². The summed E-state index contributed by atoms with van der Waals surface area (Å²) < 4.78 is 6.88. The summed E-state index contributed by atoms with van der Waals surface area (Å²) in [5.74, 6) is -0.955. The van der Waals surface area contributed by atoms with Gasteiger partial charge in [0.05, 0.1) is 6.10 Å². The van der Waals surface area contributed by atoms with Crippen LogP contribution in [0.5, 0.6) is 0 Å². The van der Waals surface area contributed by atoms with Crippen LogP contribution >= 0.6 is 0 Å². The highest BCUT2D eigenvalue weighted by Gasteiger charge is 2.51. The first-order valence-corrected chi connectivity index (χ1v) is 11.0. The number of hydrogen-bond donors (Lipinski definition) is 1. The molecule has 1 unspecified atom stereocenters. The lowest BCUT2D eigenvalue weighted by molar-refractivity contribution is -0.131. The standard InChI is InChI=1S/C23H28O3Si/c1-5-19(13-12-18-22(24)25)26-27(23(2,3)4,20-14-8-6-9-15-20)21-16-10-7-11-17-21/h5-12,14-19H,1,13H2,2-4H3,(H,24,25)/b18-12+. The highest BCUT2D eigenvalue weighted by Crippen LogP contribution is 2.37. The molecular weight excluding hydrogens is 352 g/mol. The van der Waals surface area contributed by atoms with E-state index in [1.165, 1.54) is 10.4 Å². The minimum Gasteiger partial charge on any atom is -0.478 e. The van der Waals surface area contributed by atoms with Crippen LogP contribution in [-0.4, -0.2) is 25.5 Å². The van der Waals surface area contributed by atoms with Crippen molar-refractivity contribution in [1.29, 1.82) is 0 Å². The molecule has 0 aliphatic rings. The zero-order valence-electron chi connectivity index (χ0n) is 16.3. The summed E-state index contributed by atoms with van der Waals surface area (Å²) in [4.78, 5) is 10.8. The molecule has 2 aromatic carbocycles. The fraction of sp³-hybridized carbons (Fsp3) is 0.261. The van der Waals surface area contributed by atoms with Crippen LogP contribution in [0, 0.1) is 0 Å². The Balaban J connectivity index is 2.58. The van der Waals surface area contributed by atoms with Gasteiger partial charge in [-0.15, -0.1) is 6.58 Å². The zero-order chi connectivity index (χ0) is 19.9. The lowest BCUT2D eigenvalue weighted by Gasteiger charge is -2.44. The molecule has 0 aliphatic carbocycles. The summed E-state index contributed by atoms with van der Waals surface area (Å²) >= 11 is 0. The van der Waals surface area contributed by atoms with Gasteiger partial charge in [0.1, 0.15) is 0 Å². The Morgan fingerprint density at radius 2 is 1.56 bits per heavy atom. The van der Waals surface area contributed by atoms with E-state index in [2.05, 4.69) is 51.6 Å². The van der Waals surface area contributed by atoms with E-state index in [9.17, 15) is 4.79 Å². The van der Waals surface area contributed by atoms with Crippen molar-refractivity contribution >= 4 is 24.7 Å². The average molecular weight is 381 g/mol. The van der Waals surface area contributed by atoms with Gasteiger partial charge in [-0.3, -0.25) is 0 Å². The highest BCUT2D eigenvalue weighted by molar-refractivity contribution is 6.99. The zero-order valence-corrected chi connectivity index (χ0v) is 17.3. The third kappa shape index (κ3) is 4.84. The number of hydrogen-bond acceptors (Lipinski definition) is 2. The van der Waals surface area contributed by atoms with Crippen LogP contribution in [0.4, 0.5) is 0 Å². The number of rotatable bonds is 8. The summed E-state index contributed by atoms with van der Waals surface area (Å²) in [5, 5.41) is 11.1. The third-order valence-corrected chi connectivity index (χ3v) is 9.70. The Kier molecular flexibility index (Phi) is 6.94. The first-order chi connectivity index (χ1) is 12.8. The van der Waals surface area contributed by atoms with Crippen LogP contribution < -0.4 is 10.4 Å².